The van der Waals surface area contributed by atoms with Gasteiger partial charge in [-0.3, -0.25) is 0 Å². The van der Waals surface area contributed by atoms with E-state index in [1.54, 1.807) is 0 Å². The van der Waals surface area contributed by atoms with Crippen LogP contribution in [-0.4, -0.2) is 0 Å². The third kappa shape index (κ3) is 7.05. The predicted octanol–water partition coefficient (Wildman–Crippen LogP) is 9.59. The van der Waals surface area contributed by atoms with Crippen LogP contribution in [0.25, 0.3) is 0 Å². The number of halogens is 5. The Kier molecular flexibility index (Phi) is 9.19. The van der Waals surface area contributed by atoms with E-state index in [0.717, 1.165) is 43.7 Å². The van der Waals surface area contributed by atoms with Crippen molar-refractivity contribution in [3.63, 3.8) is 0 Å². The van der Waals surface area contributed by atoms with Gasteiger partial charge in [0.05, 0.1) is 0 Å². The summed E-state index contributed by atoms with van der Waals surface area (Å²) in [6.45, 7) is 2.25. The average Bonchev–Trinajstić information content (AvgIpc) is 2.75. The monoisotopic (exact) mass is 456 g/mol. The second-order valence-corrected chi connectivity index (χ2v) is 9.98. The lowest BCUT2D eigenvalue weighted by molar-refractivity contribution is -0.142. The van der Waals surface area contributed by atoms with Crippen LogP contribution in [0.5, 0.6) is 0 Å². The summed E-state index contributed by atoms with van der Waals surface area (Å²) in [5, 5.41) is 0. The van der Waals surface area contributed by atoms with Crippen molar-refractivity contribution in [2.24, 2.45) is 17.8 Å². The summed E-state index contributed by atoms with van der Waals surface area (Å²) in [6.07, 6.45) is 15.0. The summed E-state index contributed by atoms with van der Waals surface area (Å²) in [5.41, 5.74) is -1.43. The van der Waals surface area contributed by atoms with Gasteiger partial charge in [-0.25, -0.2) is 8.78 Å². The van der Waals surface area contributed by atoms with Gasteiger partial charge in [-0.05, 0) is 92.7 Å². The lowest BCUT2D eigenvalue weighted by atomic mass is 9.76. The Bertz CT molecular complexity index is 712. The molecule has 5 heteroatoms. The summed E-state index contributed by atoms with van der Waals surface area (Å²) in [6, 6.07) is 1.76. The average molecular weight is 457 g/mol. The largest absolute Gasteiger partial charge is 0.422 e. The third-order valence-corrected chi connectivity index (χ3v) is 7.60. The maximum Gasteiger partial charge on any atom is 0.422 e. The van der Waals surface area contributed by atoms with Gasteiger partial charge in [-0.1, -0.05) is 51.2 Å². The third-order valence-electron chi connectivity index (χ3n) is 7.60. The lowest BCUT2D eigenvalue weighted by Crippen LogP contribution is -2.16. The van der Waals surface area contributed by atoms with Crippen LogP contribution in [0.15, 0.2) is 24.3 Å². The molecule has 2 saturated carbocycles. The van der Waals surface area contributed by atoms with Gasteiger partial charge in [-0.2, -0.15) is 13.2 Å². The molecule has 3 rings (SSSR count). The van der Waals surface area contributed by atoms with Gasteiger partial charge in [0.15, 0.2) is 0 Å². The molecule has 180 valence electrons. The van der Waals surface area contributed by atoms with E-state index in [-0.39, 0.29) is 5.92 Å². The van der Waals surface area contributed by atoms with Crippen molar-refractivity contribution in [3.8, 4) is 0 Å². The molecule has 0 saturated heterocycles. The van der Waals surface area contributed by atoms with Gasteiger partial charge in [0.25, 0.3) is 0 Å². The summed E-state index contributed by atoms with van der Waals surface area (Å²) in [7, 11) is 0. The molecule has 0 spiro atoms. The molecular weight excluding hydrogens is 419 g/mol. The molecule has 1 aromatic rings. The van der Waals surface area contributed by atoms with E-state index >= 15 is 0 Å². The van der Waals surface area contributed by atoms with Gasteiger partial charge >= 0.3 is 6.18 Å². The molecule has 0 atom stereocenters. The number of hydrogen-bond donors (Lipinski definition) is 0. The van der Waals surface area contributed by atoms with Gasteiger partial charge < -0.3 is 0 Å². The zero-order chi connectivity index (χ0) is 23.1. The van der Waals surface area contributed by atoms with Crippen LogP contribution in [0.2, 0.25) is 0 Å². The maximum absolute atomic E-state index is 13.9. The van der Waals surface area contributed by atoms with Crippen LogP contribution in [0.1, 0.15) is 107 Å². The molecule has 0 heterocycles. The highest BCUT2D eigenvalue weighted by Gasteiger charge is 2.38. The Labute approximate surface area is 189 Å². The number of allylic oxidation sites excluding steroid dienone is 2. The predicted molar refractivity (Wildman–Crippen MR) is 119 cm³/mol. The molecule has 32 heavy (non-hydrogen) atoms. The van der Waals surface area contributed by atoms with Crippen molar-refractivity contribution in [2.45, 2.75) is 102 Å². The Morgan fingerprint density at radius 1 is 0.781 bits per heavy atom. The van der Waals surface area contributed by atoms with Gasteiger partial charge in [0.2, 0.25) is 0 Å². The maximum atomic E-state index is 13.9. The summed E-state index contributed by atoms with van der Waals surface area (Å²) >= 11 is 0. The van der Waals surface area contributed by atoms with Gasteiger partial charge in [0.1, 0.15) is 17.2 Å². The number of alkyl halides is 3. The fourth-order valence-corrected chi connectivity index (χ4v) is 5.59. The van der Waals surface area contributed by atoms with Crippen molar-refractivity contribution < 1.29 is 22.0 Å². The van der Waals surface area contributed by atoms with Crippen LogP contribution in [0.3, 0.4) is 0 Å². The number of benzene rings is 1. The van der Waals surface area contributed by atoms with E-state index in [2.05, 4.69) is 19.1 Å². The van der Waals surface area contributed by atoms with Crippen molar-refractivity contribution in [1.82, 2.24) is 0 Å². The molecule has 0 nitrogen and oxygen atoms in total. The minimum Gasteiger partial charge on any atom is -0.206 e. The number of hydrogen-bond acceptors (Lipinski definition) is 0. The number of unbranched alkanes of at least 4 members (excludes halogenated alkanes) is 3. The molecule has 2 aliphatic rings. The molecule has 0 amide bonds. The van der Waals surface area contributed by atoms with Crippen molar-refractivity contribution in [2.75, 3.05) is 0 Å². The van der Waals surface area contributed by atoms with E-state index in [1.807, 2.05) is 0 Å². The fraction of sp³-hybridized carbons (Fsp3) is 0.704. The van der Waals surface area contributed by atoms with Crippen molar-refractivity contribution in [1.29, 1.82) is 0 Å². The molecule has 2 aliphatic carbocycles. The van der Waals surface area contributed by atoms with Crippen molar-refractivity contribution >= 4 is 0 Å². The van der Waals surface area contributed by atoms with E-state index in [0.29, 0.717) is 17.4 Å². The topological polar surface area (TPSA) is 0 Å². The van der Waals surface area contributed by atoms with E-state index in [1.165, 1.54) is 57.8 Å². The Hall–Kier alpha value is -1.39. The molecule has 0 aliphatic heterocycles. The van der Waals surface area contributed by atoms with Gasteiger partial charge in [0, 0.05) is 0 Å². The minimum atomic E-state index is -5.01. The smallest absolute Gasteiger partial charge is 0.206 e. The SMILES string of the molecule is CCCCCCC1CCC(/C=C/C2CCC(c3cc(F)c(C(F)(F)F)c(F)c3)CC2)CC1. The first-order chi connectivity index (χ1) is 15.3. The van der Waals surface area contributed by atoms with E-state index in [9.17, 15) is 22.0 Å². The second-order valence-electron chi connectivity index (χ2n) is 9.98. The van der Waals surface area contributed by atoms with Gasteiger partial charge in [-0.15, -0.1) is 0 Å². The second kappa shape index (κ2) is 11.7. The van der Waals surface area contributed by atoms with E-state index in [4.69, 9.17) is 0 Å². The molecule has 1 aromatic carbocycles. The first-order valence-corrected chi connectivity index (χ1v) is 12.5. The molecule has 2 fully saturated rings. The lowest BCUT2D eigenvalue weighted by Gasteiger charge is -2.29. The highest BCUT2D eigenvalue weighted by atomic mass is 19.4. The van der Waals surface area contributed by atoms with Crippen LogP contribution in [-0.2, 0) is 6.18 Å². The first kappa shape index (κ1) is 25.2. The molecule has 0 N–H and O–H groups in total. The van der Waals surface area contributed by atoms with E-state index < -0.39 is 23.4 Å². The Morgan fingerprint density at radius 3 is 1.81 bits per heavy atom. The highest BCUT2D eigenvalue weighted by Crippen LogP contribution is 2.40. The molecule has 0 unspecified atom stereocenters. The quantitative estimate of drug-likeness (QED) is 0.207. The van der Waals surface area contributed by atoms with Crippen LogP contribution >= 0.6 is 0 Å². The van der Waals surface area contributed by atoms with Crippen molar-refractivity contribution in [3.05, 3.63) is 47.0 Å². The molecule has 0 radical (unpaired) electrons. The standard InChI is InChI=1S/C27H37F5/c1-2-3-4-5-6-19-7-9-20(10-8-19)11-12-21-13-15-22(16-14-21)23-17-24(28)26(25(29)18-23)27(30,31)32/h11-12,17-22H,2-10,13-16H2,1H3/b12-11+. The van der Waals surface area contributed by atoms with Crippen LogP contribution in [0, 0.1) is 29.4 Å². The zero-order valence-electron chi connectivity index (χ0n) is 19.2. The summed E-state index contributed by atoms with van der Waals surface area (Å²) < 4.78 is 66.2. The van der Waals surface area contributed by atoms with Crippen LogP contribution < -0.4 is 0 Å². The number of rotatable bonds is 8. The first-order valence-electron chi connectivity index (χ1n) is 12.5. The van der Waals surface area contributed by atoms with Crippen LogP contribution in [0.4, 0.5) is 22.0 Å². The highest BCUT2D eigenvalue weighted by molar-refractivity contribution is 5.31. The Morgan fingerprint density at radius 2 is 1.31 bits per heavy atom. The molecular formula is C27H37F5. The summed E-state index contributed by atoms with van der Waals surface area (Å²) in [5.74, 6) is -1.06. The zero-order valence-corrected chi connectivity index (χ0v) is 19.2. The fourth-order valence-electron chi connectivity index (χ4n) is 5.59. The minimum absolute atomic E-state index is 0.0749. The molecule has 0 bridgehead atoms. The summed E-state index contributed by atoms with van der Waals surface area (Å²) in [4.78, 5) is 0. The molecule has 0 aromatic heterocycles. The normalized spacial score (nSPS) is 27.2. The Balaban J connectivity index is 1.43.